The number of nitrogens with two attached hydrogens (primary N) is 1. The van der Waals surface area contributed by atoms with E-state index in [4.69, 9.17) is 10.5 Å². The maximum atomic E-state index is 6.09. The van der Waals surface area contributed by atoms with Crippen molar-refractivity contribution in [1.29, 1.82) is 0 Å². The number of pyridine rings is 1. The first-order chi connectivity index (χ1) is 10.3. The molecule has 122 valence electrons. The van der Waals surface area contributed by atoms with Crippen molar-refractivity contribution in [3.63, 3.8) is 0 Å². The van der Waals surface area contributed by atoms with Gasteiger partial charge in [-0.15, -0.1) is 0 Å². The van der Waals surface area contributed by atoms with Crippen molar-refractivity contribution < 1.29 is 4.74 Å². The quantitative estimate of drug-likeness (QED) is 0.689. The SMILES string of the molecule is CC1CCN(C(N)=NCc2ccc(OC(C)(C)C)nc2)CC1. The molecular weight excluding hydrogens is 276 g/mol. The molecule has 2 rings (SSSR count). The first-order valence-corrected chi connectivity index (χ1v) is 8.02. The van der Waals surface area contributed by atoms with Crippen molar-refractivity contribution in [2.24, 2.45) is 16.6 Å². The molecule has 0 aliphatic carbocycles. The van der Waals surface area contributed by atoms with Gasteiger partial charge in [0, 0.05) is 25.4 Å². The molecule has 1 aromatic heterocycles. The van der Waals surface area contributed by atoms with Crippen molar-refractivity contribution in [3.8, 4) is 5.88 Å². The number of hydrogen-bond acceptors (Lipinski definition) is 3. The minimum Gasteiger partial charge on any atom is -0.472 e. The molecule has 0 radical (unpaired) electrons. The summed E-state index contributed by atoms with van der Waals surface area (Å²) in [6.45, 7) is 10.9. The Morgan fingerprint density at radius 1 is 1.36 bits per heavy atom. The van der Waals surface area contributed by atoms with Gasteiger partial charge in [-0.25, -0.2) is 9.98 Å². The van der Waals surface area contributed by atoms with Crippen LogP contribution >= 0.6 is 0 Å². The summed E-state index contributed by atoms with van der Waals surface area (Å²) in [5, 5.41) is 0. The van der Waals surface area contributed by atoms with Crippen LogP contribution in [0.15, 0.2) is 23.3 Å². The zero-order valence-corrected chi connectivity index (χ0v) is 14.2. The summed E-state index contributed by atoms with van der Waals surface area (Å²) in [7, 11) is 0. The van der Waals surface area contributed by atoms with Gasteiger partial charge in [0.05, 0.1) is 6.54 Å². The standard InChI is InChI=1S/C17H28N4O/c1-13-7-9-21(10-8-13)16(18)20-12-14-5-6-15(19-11-14)22-17(2,3)4/h5-6,11,13H,7-10,12H2,1-4H3,(H2,18,20). The lowest BCUT2D eigenvalue weighted by molar-refractivity contribution is 0.124. The molecule has 1 fully saturated rings. The van der Waals surface area contributed by atoms with E-state index in [2.05, 4.69) is 21.8 Å². The number of rotatable bonds is 3. The lowest BCUT2D eigenvalue weighted by Gasteiger charge is -2.31. The van der Waals surface area contributed by atoms with Crippen molar-refractivity contribution in [3.05, 3.63) is 23.9 Å². The van der Waals surface area contributed by atoms with Crippen LogP contribution in [0.2, 0.25) is 0 Å². The van der Waals surface area contributed by atoms with E-state index < -0.39 is 0 Å². The number of ether oxygens (including phenoxy) is 1. The molecule has 1 aromatic rings. The fourth-order valence-corrected chi connectivity index (χ4v) is 2.39. The lowest BCUT2D eigenvalue weighted by atomic mass is 10.00. The summed E-state index contributed by atoms with van der Waals surface area (Å²) in [6.07, 6.45) is 4.18. The third kappa shape index (κ3) is 5.20. The highest BCUT2D eigenvalue weighted by Crippen LogP contribution is 2.17. The highest BCUT2D eigenvalue weighted by molar-refractivity contribution is 5.78. The second-order valence-electron chi connectivity index (χ2n) is 7.06. The predicted molar refractivity (Wildman–Crippen MR) is 89.9 cm³/mol. The number of aliphatic imine (C=N–C) groups is 1. The van der Waals surface area contributed by atoms with Crippen LogP contribution in [0, 0.1) is 5.92 Å². The number of hydrogen-bond donors (Lipinski definition) is 1. The Kier molecular flexibility index (Phi) is 5.27. The van der Waals surface area contributed by atoms with Gasteiger partial charge in [0.1, 0.15) is 5.60 Å². The van der Waals surface area contributed by atoms with Gasteiger partial charge >= 0.3 is 0 Å². The zero-order valence-electron chi connectivity index (χ0n) is 14.2. The Morgan fingerprint density at radius 3 is 2.59 bits per heavy atom. The molecule has 1 aliphatic rings. The summed E-state index contributed by atoms with van der Waals surface area (Å²) in [5.74, 6) is 2.07. The number of likely N-dealkylation sites (tertiary alicyclic amines) is 1. The third-order valence-electron chi connectivity index (χ3n) is 3.74. The van der Waals surface area contributed by atoms with Gasteiger partial charge in [-0.3, -0.25) is 0 Å². The highest BCUT2D eigenvalue weighted by Gasteiger charge is 2.17. The number of nitrogens with zero attached hydrogens (tertiary/aromatic N) is 3. The van der Waals surface area contributed by atoms with E-state index in [1.54, 1.807) is 6.20 Å². The fourth-order valence-electron chi connectivity index (χ4n) is 2.39. The van der Waals surface area contributed by atoms with Crippen molar-refractivity contribution in [1.82, 2.24) is 9.88 Å². The second kappa shape index (κ2) is 6.99. The molecule has 0 spiro atoms. The van der Waals surface area contributed by atoms with Gasteiger partial charge in [0.2, 0.25) is 5.88 Å². The number of guanidine groups is 1. The molecule has 1 saturated heterocycles. The van der Waals surface area contributed by atoms with E-state index in [0.717, 1.165) is 24.6 Å². The molecule has 5 heteroatoms. The average Bonchev–Trinajstić information content (AvgIpc) is 2.45. The molecule has 1 aliphatic heterocycles. The summed E-state index contributed by atoms with van der Waals surface area (Å²) >= 11 is 0. The van der Waals surface area contributed by atoms with Crippen LogP contribution in [0.1, 0.15) is 46.1 Å². The van der Waals surface area contributed by atoms with Gasteiger partial charge in [0.25, 0.3) is 0 Å². The molecule has 22 heavy (non-hydrogen) atoms. The van der Waals surface area contributed by atoms with Gasteiger partial charge in [0.15, 0.2) is 5.96 Å². The van der Waals surface area contributed by atoms with Crippen molar-refractivity contribution >= 4 is 5.96 Å². The minimum atomic E-state index is -0.234. The largest absolute Gasteiger partial charge is 0.472 e. The van der Waals surface area contributed by atoms with Gasteiger partial charge in [-0.05, 0) is 45.1 Å². The molecule has 0 bridgehead atoms. The van der Waals surface area contributed by atoms with Gasteiger partial charge in [-0.2, -0.15) is 0 Å². The van der Waals surface area contributed by atoms with Crippen LogP contribution in [0.4, 0.5) is 0 Å². The minimum absolute atomic E-state index is 0.234. The Labute approximate surface area is 133 Å². The topological polar surface area (TPSA) is 63.7 Å². The molecule has 0 aromatic carbocycles. The first kappa shape index (κ1) is 16.6. The molecule has 0 saturated carbocycles. The van der Waals surface area contributed by atoms with Gasteiger partial charge < -0.3 is 15.4 Å². The van der Waals surface area contributed by atoms with E-state index in [9.17, 15) is 0 Å². The highest BCUT2D eigenvalue weighted by atomic mass is 16.5. The smallest absolute Gasteiger partial charge is 0.213 e. The molecule has 0 atom stereocenters. The van der Waals surface area contributed by atoms with E-state index in [0.29, 0.717) is 18.4 Å². The van der Waals surface area contributed by atoms with E-state index in [1.165, 1.54) is 12.8 Å². The van der Waals surface area contributed by atoms with E-state index >= 15 is 0 Å². The van der Waals surface area contributed by atoms with Crippen molar-refractivity contribution in [2.45, 2.75) is 52.7 Å². The molecular formula is C17H28N4O. The summed E-state index contributed by atoms with van der Waals surface area (Å²) < 4.78 is 5.71. The van der Waals surface area contributed by atoms with Crippen LogP contribution in [-0.2, 0) is 6.54 Å². The molecule has 2 heterocycles. The summed E-state index contributed by atoms with van der Waals surface area (Å²) in [4.78, 5) is 11.0. The van der Waals surface area contributed by atoms with Crippen LogP contribution in [-0.4, -0.2) is 34.5 Å². The molecule has 2 N–H and O–H groups in total. The predicted octanol–water partition coefficient (Wildman–Crippen LogP) is 2.81. The first-order valence-electron chi connectivity index (χ1n) is 8.02. The number of aromatic nitrogens is 1. The Balaban J connectivity index is 1.89. The van der Waals surface area contributed by atoms with Crippen molar-refractivity contribution in [2.75, 3.05) is 13.1 Å². The van der Waals surface area contributed by atoms with E-state index in [1.807, 2.05) is 32.9 Å². The maximum Gasteiger partial charge on any atom is 0.213 e. The second-order valence-corrected chi connectivity index (χ2v) is 7.06. The lowest BCUT2D eigenvalue weighted by Crippen LogP contribution is -2.42. The monoisotopic (exact) mass is 304 g/mol. The Morgan fingerprint density at radius 2 is 2.05 bits per heavy atom. The maximum absolute atomic E-state index is 6.09. The van der Waals surface area contributed by atoms with Crippen LogP contribution in [0.3, 0.4) is 0 Å². The molecule has 5 nitrogen and oxygen atoms in total. The molecule has 0 unspecified atom stereocenters. The average molecular weight is 304 g/mol. The molecule has 0 amide bonds. The third-order valence-corrected chi connectivity index (χ3v) is 3.74. The Hall–Kier alpha value is -1.78. The fraction of sp³-hybridized carbons (Fsp3) is 0.647. The summed E-state index contributed by atoms with van der Waals surface area (Å²) in [6, 6.07) is 3.87. The van der Waals surface area contributed by atoms with E-state index in [-0.39, 0.29) is 5.60 Å². The van der Waals surface area contributed by atoms with Gasteiger partial charge in [-0.1, -0.05) is 13.0 Å². The zero-order chi connectivity index (χ0) is 16.2. The Bertz CT molecular complexity index is 496. The summed E-state index contributed by atoms with van der Waals surface area (Å²) in [5.41, 5.74) is 6.89. The normalized spacial score (nSPS) is 17.6. The van der Waals surface area contributed by atoms with Crippen LogP contribution < -0.4 is 10.5 Å². The van der Waals surface area contributed by atoms with Crippen LogP contribution in [0.5, 0.6) is 5.88 Å². The van der Waals surface area contributed by atoms with Crippen LogP contribution in [0.25, 0.3) is 0 Å². The number of piperidine rings is 1.